The highest BCUT2D eigenvalue weighted by Crippen LogP contribution is 2.31. The quantitative estimate of drug-likeness (QED) is 0.470. The molecule has 7 nitrogen and oxygen atoms in total. The summed E-state index contributed by atoms with van der Waals surface area (Å²) in [6.45, 7) is 1.64. The second-order valence-electron chi connectivity index (χ2n) is 6.33. The van der Waals surface area contributed by atoms with Crippen LogP contribution in [-0.2, 0) is 6.18 Å². The molecule has 0 bridgehead atoms. The molecule has 30 heavy (non-hydrogen) atoms. The first-order chi connectivity index (χ1) is 14.2. The highest BCUT2D eigenvalue weighted by Gasteiger charge is 2.30. The zero-order valence-corrected chi connectivity index (χ0v) is 15.7. The minimum absolute atomic E-state index is 0.0811. The van der Waals surface area contributed by atoms with Crippen molar-refractivity contribution in [3.05, 3.63) is 53.6 Å². The number of halogens is 4. The molecule has 154 valence electrons. The second kappa shape index (κ2) is 7.25. The number of benzene rings is 2. The van der Waals surface area contributed by atoms with Crippen LogP contribution in [0.25, 0.3) is 22.4 Å². The van der Waals surface area contributed by atoms with Gasteiger partial charge < -0.3 is 15.0 Å². The van der Waals surface area contributed by atoms with Gasteiger partial charge in [-0.15, -0.1) is 0 Å². The number of imidazole rings is 1. The molecule has 4 aromatic rings. The van der Waals surface area contributed by atoms with Crippen molar-refractivity contribution in [2.24, 2.45) is 0 Å². The molecule has 2 heterocycles. The first-order valence-corrected chi connectivity index (χ1v) is 8.63. The van der Waals surface area contributed by atoms with Gasteiger partial charge in [0, 0.05) is 11.6 Å². The maximum Gasteiger partial charge on any atom is 0.416 e. The number of H-pyrrole nitrogens is 1. The molecule has 0 atom stereocenters. The molecule has 0 amide bonds. The molecule has 0 saturated carbocycles. The summed E-state index contributed by atoms with van der Waals surface area (Å²) < 4.78 is 57.7. The number of aromatic amines is 1. The zero-order chi connectivity index (χ0) is 21.5. The van der Waals surface area contributed by atoms with E-state index in [9.17, 15) is 17.6 Å². The van der Waals surface area contributed by atoms with Crippen LogP contribution < -0.4 is 10.1 Å². The molecule has 2 aromatic heterocycles. The predicted molar refractivity (Wildman–Crippen MR) is 101 cm³/mol. The Balaban J connectivity index is 1.67. The Morgan fingerprint density at radius 3 is 2.40 bits per heavy atom. The summed E-state index contributed by atoms with van der Waals surface area (Å²) in [5.74, 6) is 0.190. The van der Waals surface area contributed by atoms with Crippen molar-refractivity contribution in [2.45, 2.75) is 13.1 Å². The Labute approximate surface area is 167 Å². The number of nitrogens with one attached hydrogen (secondary N) is 2. The summed E-state index contributed by atoms with van der Waals surface area (Å²) in [6, 6.07) is 7.28. The summed E-state index contributed by atoms with van der Waals surface area (Å²) in [4.78, 5) is 19.3. The molecule has 4 rings (SSSR count). The molecule has 0 aliphatic rings. The molecule has 0 fully saturated rings. The minimum atomic E-state index is -4.42. The molecule has 0 radical (unpaired) electrons. The van der Waals surface area contributed by atoms with E-state index >= 15 is 0 Å². The van der Waals surface area contributed by atoms with E-state index in [1.54, 1.807) is 6.92 Å². The van der Waals surface area contributed by atoms with Gasteiger partial charge in [0.25, 0.3) is 0 Å². The zero-order valence-electron chi connectivity index (χ0n) is 15.7. The van der Waals surface area contributed by atoms with Crippen molar-refractivity contribution in [1.29, 1.82) is 0 Å². The fourth-order valence-corrected chi connectivity index (χ4v) is 2.81. The van der Waals surface area contributed by atoms with Gasteiger partial charge >= 0.3 is 12.2 Å². The van der Waals surface area contributed by atoms with E-state index in [-0.39, 0.29) is 17.6 Å². The predicted octanol–water partition coefficient (Wildman–Crippen LogP) is 4.63. The number of fused-ring (bicyclic) bond motifs is 1. The first-order valence-electron chi connectivity index (χ1n) is 8.63. The number of nitrogens with zero attached hydrogens (tertiary/aromatic N) is 4. The van der Waals surface area contributed by atoms with Gasteiger partial charge in [-0.25, -0.2) is 9.37 Å². The van der Waals surface area contributed by atoms with Crippen LogP contribution in [0.5, 0.6) is 6.01 Å². The number of alkyl halides is 3. The third kappa shape index (κ3) is 3.86. The van der Waals surface area contributed by atoms with Crippen LogP contribution in [0, 0.1) is 12.7 Å². The summed E-state index contributed by atoms with van der Waals surface area (Å²) in [7, 11) is 1.40. The van der Waals surface area contributed by atoms with E-state index < -0.39 is 17.6 Å². The molecule has 0 spiro atoms. The lowest BCUT2D eigenvalue weighted by Crippen LogP contribution is -2.04. The van der Waals surface area contributed by atoms with Crippen LogP contribution in [0.15, 0.2) is 36.4 Å². The molecule has 0 aliphatic heterocycles. The largest absolute Gasteiger partial charge is 0.467 e. The Morgan fingerprint density at radius 1 is 1.00 bits per heavy atom. The maximum absolute atomic E-state index is 14.5. The van der Waals surface area contributed by atoms with E-state index in [4.69, 9.17) is 4.74 Å². The van der Waals surface area contributed by atoms with Crippen LogP contribution in [0.4, 0.5) is 29.2 Å². The minimum Gasteiger partial charge on any atom is -0.467 e. The van der Waals surface area contributed by atoms with Crippen molar-refractivity contribution in [1.82, 2.24) is 24.9 Å². The van der Waals surface area contributed by atoms with Crippen molar-refractivity contribution in [3.8, 4) is 17.4 Å². The van der Waals surface area contributed by atoms with Crippen LogP contribution >= 0.6 is 0 Å². The monoisotopic (exact) mass is 418 g/mol. The molecular formula is C19H14F4N6O. The summed E-state index contributed by atoms with van der Waals surface area (Å²) >= 11 is 0. The first kappa shape index (κ1) is 19.6. The van der Waals surface area contributed by atoms with Crippen molar-refractivity contribution < 1.29 is 22.3 Å². The fourth-order valence-electron chi connectivity index (χ4n) is 2.81. The number of rotatable bonds is 4. The Kier molecular flexibility index (Phi) is 4.72. The highest BCUT2D eigenvalue weighted by molar-refractivity contribution is 5.83. The van der Waals surface area contributed by atoms with Gasteiger partial charge in [0.2, 0.25) is 5.95 Å². The summed E-state index contributed by atoms with van der Waals surface area (Å²) in [5, 5.41) is 2.76. The van der Waals surface area contributed by atoms with E-state index in [0.29, 0.717) is 28.2 Å². The standard InChI is InChI=1S/C19H14F4N6O/c1-9-24-17(29-18(25-9)30-2)28-13-8-15-14(7-12(13)20)26-16(27-15)10-3-5-11(6-4-10)19(21,22)23/h3-8H,1-2H3,(H,26,27)(H,24,25,28,29). The molecule has 0 saturated heterocycles. The molecule has 2 N–H and O–H groups in total. The normalized spacial score (nSPS) is 11.7. The van der Waals surface area contributed by atoms with E-state index in [0.717, 1.165) is 12.1 Å². The molecule has 11 heteroatoms. The lowest BCUT2D eigenvalue weighted by molar-refractivity contribution is -0.137. The van der Waals surface area contributed by atoms with Gasteiger partial charge in [0.15, 0.2) is 0 Å². The van der Waals surface area contributed by atoms with Gasteiger partial charge in [-0.3, -0.25) is 0 Å². The number of hydrogen-bond donors (Lipinski definition) is 2. The molecular weight excluding hydrogens is 404 g/mol. The summed E-state index contributed by atoms with van der Waals surface area (Å²) in [5.41, 5.74) is 0.552. The fraction of sp³-hybridized carbons (Fsp3) is 0.158. The van der Waals surface area contributed by atoms with E-state index in [1.165, 1.54) is 31.4 Å². The average molecular weight is 418 g/mol. The Hall–Kier alpha value is -3.76. The van der Waals surface area contributed by atoms with Gasteiger partial charge in [-0.1, -0.05) is 12.1 Å². The number of aryl methyl sites for hydroxylation is 1. The number of aromatic nitrogens is 5. The maximum atomic E-state index is 14.5. The van der Waals surface area contributed by atoms with Gasteiger partial charge in [-0.2, -0.15) is 28.1 Å². The van der Waals surface area contributed by atoms with Gasteiger partial charge in [-0.05, 0) is 25.1 Å². The number of ether oxygens (including phenoxy) is 1. The van der Waals surface area contributed by atoms with Crippen molar-refractivity contribution in [3.63, 3.8) is 0 Å². The third-order valence-corrected chi connectivity index (χ3v) is 4.21. The van der Waals surface area contributed by atoms with Crippen LogP contribution in [0.3, 0.4) is 0 Å². The second-order valence-corrected chi connectivity index (χ2v) is 6.33. The van der Waals surface area contributed by atoms with Gasteiger partial charge in [0.1, 0.15) is 17.5 Å². The van der Waals surface area contributed by atoms with Crippen LogP contribution in [-0.4, -0.2) is 32.0 Å². The Bertz CT molecular complexity index is 1220. The van der Waals surface area contributed by atoms with E-state index in [2.05, 4.69) is 30.2 Å². The summed E-state index contributed by atoms with van der Waals surface area (Å²) in [6.07, 6.45) is -4.42. The van der Waals surface area contributed by atoms with E-state index in [1.807, 2.05) is 0 Å². The van der Waals surface area contributed by atoms with Crippen LogP contribution in [0.2, 0.25) is 0 Å². The SMILES string of the molecule is COc1nc(C)nc(Nc2cc3[nH]c(-c4ccc(C(F)(F)F)cc4)nc3cc2F)n1. The lowest BCUT2D eigenvalue weighted by Gasteiger charge is -2.07. The van der Waals surface area contributed by atoms with Gasteiger partial charge in [0.05, 0.1) is 29.4 Å². The average Bonchev–Trinajstić information content (AvgIpc) is 3.10. The molecule has 0 aliphatic carbocycles. The van der Waals surface area contributed by atoms with Crippen LogP contribution in [0.1, 0.15) is 11.4 Å². The topological polar surface area (TPSA) is 88.6 Å². The third-order valence-electron chi connectivity index (χ3n) is 4.21. The van der Waals surface area contributed by atoms with Crippen molar-refractivity contribution in [2.75, 3.05) is 12.4 Å². The molecule has 0 unspecified atom stereocenters. The Morgan fingerprint density at radius 2 is 1.73 bits per heavy atom. The lowest BCUT2D eigenvalue weighted by atomic mass is 10.1. The highest BCUT2D eigenvalue weighted by atomic mass is 19.4. The number of anilines is 2. The number of hydrogen-bond acceptors (Lipinski definition) is 6. The van der Waals surface area contributed by atoms with Crippen molar-refractivity contribution >= 4 is 22.7 Å². The number of methoxy groups -OCH3 is 1. The smallest absolute Gasteiger partial charge is 0.416 e. The molecule has 2 aromatic carbocycles.